The van der Waals surface area contributed by atoms with Crippen LogP contribution in [0.2, 0.25) is 0 Å². The fraction of sp³-hybridized carbons (Fsp3) is 0.267. The van der Waals surface area contributed by atoms with Gasteiger partial charge in [-0.15, -0.1) is 0 Å². The summed E-state index contributed by atoms with van der Waals surface area (Å²) in [7, 11) is 0. The summed E-state index contributed by atoms with van der Waals surface area (Å²) in [5, 5.41) is 0. The number of nitrogens with two attached hydrogens (primary N) is 1. The predicted molar refractivity (Wildman–Crippen MR) is 78.1 cm³/mol. The molecule has 1 unspecified atom stereocenters. The smallest absolute Gasteiger partial charge is 0.115 e. The highest BCUT2D eigenvalue weighted by atomic mass is 15.1. The SMILES string of the molecule is CCn1c(CC(N)c2cncnc2)nc2ccccc21. The van der Waals surface area contributed by atoms with Crippen LogP contribution in [0, 0.1) is 0 Å². The summed E-state index contributed by atoms with van der Waals surface area (Å²) in [6.45, 7) is 3.00. The lowest BCUT2D eigenvalue weighted by Gasteiger charge is -2.12. The Hall–Kier alpha value is -2.27. The van der Waals surface area contributed by atoms with Crippen molar-refractivity contribution < 1.29 is 0 Å². The van der Waals surface area contributed by atoms with Gasteiger partial charge in [0.15, 0.2) is 0 Å². The molecule has 20 heavy (non-hydrogen) atoms. The minimum absolute atomic E-state index is 0.140. The van der Waals surface area contributed by atoms with Crippen LogP contribution in [0.4, 0.5) is 0 Å². The lowest BCUT2D eigenvalue weighted by atomic mass is 10.1. The van der Waals surface area contributed by atoms with Gasteiger partial charge in [0, 0.05) is 37.0 Å². The van der Waals surface area contributed by atoms with Crippen LogP contribution in [0.15, 0.2) is 43.0 Å². The molecule has 2 aromatic heterocycles. The summed E-state index contributed by atoms with van der Waals surface area (Å²) < 4.78 is 2.21. The number of hydrogen-bond donors (Lipinski definition) is 1. The van der Waals surface area contributed by atoms with Crippen LogP contribution in [-0.4, -0.2) is 19.5 Å². The van der Waals surface area contributed by atoms with Crippen LogP contribution in [0.25, 0.3) is 11.0 Å². The highest BCUT2D eigenvalue weighted by Gasteiger charge is 2.14. The molecule has 5 nitrogen and oxygen atoms in total. The lowest BCUT2D eigenvalue weighted by molar-refractivity contribution is 0.633. The van der Waals surface area contributed by atoms with E-state index in [0.29, 0.717) is 6.42 Å². The molecule has 5 heteroatoms. The average Bonchev–Trinajstić information content (AvgIpc) is 2.85. The molecule has 1 aromatic carbocycles. The van der Waals surface area contributed by atoms with Crippen LogP contribution in [0.5, 0.6) is 0 Å². The van der Waals surface area contributed by atoms with Gasteiger partial charge in [0.2, 0.25) is 0 Å². The van der Waals surface area contributed by atoms with Gasteiger partial charge < -0.3 is 10.3 Å². The van der Waals surface area contributed by atoms with E-state index in [2.05, 4.69) is 27.5 Å². The summed E-state index contributed by atoms with van der Waals surface area (Å²) in [6.07, 6.45) is 5.71. The molecule has 0 bridgehead atoms. The van der Waals surface area contributed by atoms with Gasteiger partial charge in [0.25, 0.3) is 0 Å². The van der Waals surface area contributed by atoms with Crippen molar-refractivity contribution in [1.29, 1.82) is 0 Å². The van der Waals surface area contributed by atoms with E-state index in [1.807, 2.05) is 18.2 Å². The number of rotatable bonds is 4. The zero-order valence-electron chi connectivity index (χ0n) is 11.4. The van der Waals surface area contributed by atoms with Gasteiger partial charge >= 0.3 is 0 Å². The molecule has 0 fully saturated rings. The second-order valence-corrected chi connectivity index (χ2v) is 4.74. The van der Waals surface area contributed by atoms with Crippen molar-refractivity contribution in [1.82, 2.24) is 19.5 Å². The van der Waals surface area contributed by atoms with E-state index in [1.165, 1.54) is 6.33 Å². The van der Waals surface area contributed by atoms with Crippen LogP contribution in [-0.2, 0) is 13.0 Å². The zero-order valence-corrected chi connectivity index (χ0v) is 11.4. The molecule has 0 spiro atoms. The summed E-state index contributed by atoms with van der Waals surface area (Å²) in [6, 6.07) is 8.02. The predicted octanol–water partition coefficient (Wildman–Crippen LogP) is 2.09. The molecule has 102 valence electrons. The zero-order chi connectivity index (χ0) is 13.9. The number of fused-ring (bicyclic) bond motifs is 1. The Labute approximate surface area is 117 Å². The second-order valence-electron chi connectivity index (χ2n) is 4.74. The monoisotopic (exact) mass is 267 g/mol. The van der Waals surface area contributed by atoms with Crippen molar-refractivity contribution in [3.05, 3.63) is 54.4 Å². The molecule has 1 atom stereocenters. The fourth-order valence-electron chi connectivity index (χ4n) is 2.45. The van der Waals surface area contributed by atoms with E-state index < -0.39 is 0 Å². The summed E-state index contributed by atoms with van der Waals surface area (Å²) in [5.41, 5.74) is 9.34. The third-order valence-corrected chi connectivity index (χ3v) is 3.46. The van der Waals surface area contributed by atoms with Gasteiger partial charge in [0.1, 0.15) is 12.2 Å². The lowest BCUT2D eigenvalue weighted by Crippen LogP contribution is -2.16. The Morgan fingerprint density at radius 1 is 1.20 bits per heavy atom. The second kappa shape index (κ2) is 5.38. The Balaban J connectivity index is 1.94. The van der Waals surface area contributed by atoms with E-state index in [1.54, 1.807) is 12.4 Å². The van der Waals surface area contributed by atoms with Crippen molar-refractivity contribution in [3.8, 4) is 0 Å². The van der Waals surface area contributed by atoms with Crippen LogP contribution in [0.3, 0.4) is 0 Å². The third kappa shape index (κ3) is 2.28. The number of aryl methyl sites for hydroxylation is 1. The first-order chi connectivity index (χ1) is 9.79. The van der Waals surface area contributed by atoms with Crippen molar-refractivity contribution in [2.45, 2.75) is 25.9 Å². The third-order valence-electron chi connectivity index (χ3n) is 3.46. The number of benzene rings is 1. The Morgan fingerprint density at radius 3 is 2.70 bits per heavy atom. The number of para-hydroxylation sites is 2. The molecular formula is C15H17N5. The van der Waals surface area contributed by atoms with Gasteiger partial charge in [-0.2, -0.15) is 0 Å². The molecule has 0 aliphatic carbocycles. The highest BCUT2D eigenvalue weighted by Crippen LogP contribution is 2.20. The Bertz CT molecular complexity index is 705. The molecule has 0 aliphatic heterocycles. The summed E-state index contributed by atoms with van der Waals surface area (Å²) >= 11 is 0. The quantitative estimate of drug-likeness (QED) is 0.785. The maximum atomic E-state index is 6.24. The van der Waals surface area contributed by atoms with Crippen molar-refractivity contribution in [2.75, 3.05) is 0 Å². The molecule has 0 saturated heterocycles. The van der Waals surface area contributed by atoms with Crippen molar-refractivity contribution in [3.63, 3.8) is 0 Å². The minimum Gasteiger partial charge on any atom is -0.328 e. The van der Waals surface area contributed by atoms with Crippen LogP contribution in [0.1, 0.15) is 24.4 Å². The van der Waals surface area contributed by atoms with Crippen molar-refractivity contribution in [2.24, 2.45) is 5.73 Å². The van der Waals surface area contributed by atoms with Crippen LogP contribution >= 0.6 is 0 Å². The minimum atomic E-state index is -0.140. The highest BCUT2D eigenvalue weighted by molar-refractivity contribution is 5.75. The van der Waals surface area contributed by atoms with Crippen molar-refractivity contribution >= 4 is 11.0 Å². The molecule has 0 radical (unpaired) electrons. The molecule has 3 aromatic rings. The number of hydrogen-bond acceptors (Lipinski definition) is 4. The largest absolute Gasteiger partial charge is 0.328 e. The van der Waals surface area contributed by atoms with E-state index in [0.717, 1.165) is 29.0 Å². The van der Waals surface area contributed by atoms with Gasteiger partial charge in [-0.05, 0) is 19.1 Å². The maximum absolute atomic E-state index is 6.24. The normalized spacial score (nSPS) is 12.7. The van der Waals surface area contributed by atoms with E-state index in [9.17, 15) is 0 Å². The summed E-state index contributed by atoms with van der Waals surface area (Å²) in [5.74, 6) is 1.00. The molecular weight excluding hydrogens is 250 g/mol. The summed E-state index contributed by atoms with van der Waals surface area (Å²) in [4.78, 5) is 12.7. The first kappa shape index (κ1) is 12.7. The average molecular weight is 267 g/mol. The fourth-order valence-corrected chi connectivity index (χ4v) is 2.45. The maximum Gasteiger partial charge on any atom is 0.115 e. The molecule has 0 aliphatic rings. The van der Waals surface area contributed by atoms with Crippen LogP contribution < -0.4 is 5.73 Å². The Kier molecular flexibility index (Phi) is 3.43. The topological polar surface area (TPSA) is 69.6 Å². The molecule has 3 rings (SSSR count). The number of nitrogens with zero attached hydrogens (tertiary/aromatic N) is 4. The van der Waals surface area contributed by atoms with E-state index in [-0.39, 0.29) is 6.04 Å². The number of aromatic nitrogens is 4. The van der Waals surface area contributed by atoms with Gasteiger partial charge in [-0.25, -0.2) is 15.0 Å². The Morgan fingerprint density at radius 2 is 1.95 bits per heavy atom. The first-order valence-corrected chi connectivity index (χ1v) is 6.74. The molecule has 2 heterocycles. The van der Waals surface area contributed by atoms with E-state index >= 15 is 0 Å². The molecule has 0 saturated carbocycles. The van der Waals surface area contributed by atoms with Gasteiger partial charge in [-0.1, -0.05) is 12.1 Å². The molecule has 2 N–H and O–H groups in total. The van der Waals surface area contributed by atoms with Gasteiger partial charge in [0.05, 0.1) is 11.0 Å². The van der Waals surface area contributed by atoms with Gasteiger partial charge in [-0.3, -0.25) is 0 Å². The number of imidazole rings is 1. The standard InChI is InChI=1S/C15H17N5/c1-2-20-14-6-4-3-5-13(14)19-15(20)7-12(16)11-8-17-10-18-9-11/h3-6,8-10,12H,2,7,16H2,1H3. The molecule has 0 amide bonds. The van der Waals surface area contributed by atoms with E-state index in [4.69, 9.17) is 10.7 Å². The first-order valence-electron chi connectivity index (χ1n) is 6.74.